The summed E-state index contributed by atoms with van der Waals surface area (Å²) in [7, 11) is 0. The van der Waals surface area contributed by atoms with E-state index in [0.29, 0.717) is 6.54 Å². The number of rotatable bonds is 5. The average Bonchev–Trinajstić information content (AvgIpc) is 3.08. The minimum Gasteiger partial charge on any atom is -0.335 e. The van der Waals surface area contributed by atoms with Crippen molar-refractivity contribution in [3.05, 3.63) is 47.1 Å². The topological polar surface area (TPSA) is 32.3 Å². The Balaban J connectivity index is 1.73. The Morgan fingerprint density at radius 2 is 2.04 bits per heavy atom. The highest BCUT2D eigenvalue weighted by molar-refractivity contribution is 7.15. The van der Waals surface area contributed by atoms with Gasteiger partial charge in [0.15, 0.2) is 0 Å². The first-order chi connectivity index (χ1) is 12.0. The molecule has 0 aliphatic carbocycles. The number of nitrogens with one attached hydrogen (secondary N) is 1. The van der Waals surface area contributed by atoms with Crippen LogP contribution < -0.4 is 5.32 Å². The van der Waals surface area contributed by atoms with Crippen molar-refractivity contribution < 1.29 is 9.18 Å². The molecule has 1 aromatic heterocycles. The van der Waals surface area contributed by atoms with Crippen LogP contribution in [-0.4, -0.2) is 29.9 Å². The molecular formula is C20H25FN2OS. The molecular weight excluding hydrogens is 335 g/mol. The molecule has 1 aliphatic heterocycles. The zero-order chi connectivity index (χ0) is 17.8. The molecule has 134 valence electrons. The van der Waals surface area contributed by atoms with Crippen molar-refractivity contribution >= 4 is 17.2 Å². The Morgan fingerprint density at radius 1 is 1.28 bits per heavy atom. The largest absolute Gasteiger partial charge is 0.335 e. The smallest absolute Gasteiger partial charge is 0.226 e. The van der Waals surface area contributed by atoms with Crippen LogP contribution in [0.3, 0.4) is 0 Å². The minimum atomic E-state index is -0.225. The van der Waals surface area contributed by atoms with Gasteiger partial charge in [-0.3, -0.25) is 4.79 Å². The summed E-state index contributed by atoms with van der Waals surface area (Å²) in [6.07, 6.45) is 1.84. The number of carbonyl (C=O) groups excluding carboxylic acids is 1. The third-order valence-electron chi connectivity index (χ3n) is 4.69. The fraction of sp³-hybridized carbons (Fsp3) is 0.450. The maximum Gasteiger partial charge on any atom is 0.226 e. The molecule has 1 amide bonds. The van der Waals surface area contributed by atoms with Gasteiger partial charge in [0.25, 0.3) is 0 Å². The second kappa shape index (κ2) is 8.11. The first-order valence-electron chi connectivity index (χ1n) is 8.90. The van der Waals surface area contributed by atoms with Crippen molar-refractivity contribution in [1.82, 2.24) is 10.2 Å². The van der Waals surface area contributed by atoms with Crippen LogP contribution in [-0.2, 0) is 11.3 Å². The van der Waals surface area contributed by atoms with Crippen molar-refractivity contribution in [2.45, 2.75) is 39.3 Å². The second-order valence-corrected chi connectivity index (χ2v) is 8.03. The van der Waals surface area contributed by atoms with E-state index in [1.165, 1.54) is 6.07 Å². The molecule has 5 heteroatoms. The van der Waals surface area contributed by atoms with Gasteiger partial charge in [0.2, 0.25) is 5.91 Å². The Kier molecular flexibility index (Phi) is 5.86. The van der Waals surface area contributed by atoms with E-state index in [9.17, 15) is 9.18 Å². The Bertz CT molecular complexity index is 722. The molecule has 2 aromatic rings. The molecule has 0 bridgehead atoms. The fourth-order valence-electron chi connectivity index (χ4n) is 3.25. The zero-order valence-electron chi connectivity index (χ0n) is 14.8. The lowest BCUT2D eigenvalue weighted by molar-refractivity contribution is -0.138. The molecule has 25 heavy (non-hydrogen) atoms. The van der Waals surface area contributed by atoms with E-state index in [1.54, 1.807) is 23.5 Å². The highest BCUT2D eigenvalue weighted by atomic mass is 32.1. The van der Waals surface area contributed by atoms with Gasteiger partial charge in [-0.1, -0.05) is 12.1 Å². The summed E-state index contributed by atoms with van der Waals surface area (Å²) in [5.74, 6) is 0.167. The van der Waals surface area contributed by atoms with E-state index < -0.39 is 0 Å². The van der Waals surface area contributed by atoms with Gasteiger partial charge in [-0.05, 0) is 69.6 Å². The van der Waals surface area contributed by atoms with E-state index in [-0.39, 0.29) is 23.7 Å². The molecule has 1 N–H and O–H groups in total. The second-order valence-electron chi connectivity index (χ2n) is 6.86. The summed E-state index contributed by atoms with van der Waals surface area (Å²) in [5, 5.41) is 3.31. The van der Waals surface area contributed by atoms with Crippen molar-refractivity contribution in [1.29, 1.82) is 0 Å². The van der Waals surface area contributed by atoms with E-state index in [1.807, 2.05) is 17.0 Å². The molecule has 0 unspecified atom stereocenters. The monoisotopic (exact) mass is 360 g/mol. The summed E-state index contributed by atoms with van der Waals surface area (Å²) in [5.41, 5.74) is 0.886. The minimum absolute atomic E-state index is 0.131. The van der Waals surface area contributed by atoms with Crippen LogP contribution in [0.25, 0.3) is 10.4 Å². The van der Waals surface area contributed by atoms with Crippen LogP contribution in [0.4, 0.5) is 4.39 Å². The number of piperidine rings is 1. The molecule has 0 radical (unpaired) electrons. The lowest BCUT2D eigenvalue weighted by Gasteiger charge is -2.32. The third kappa shape index (κ3) is 4.47. The molecule has 0 spiro atoms. The summed E-state index contributed by atoms with van der Waals surface area (Å²) in [6.45, 7) is 6.61. The molecule has 0 saturated carbocycles. The number of benzene rings is 1. The molecule has 1 fully saturated rings. The highest BCUT2D eigenvalue weighted by Gasteiger charge is 2.27. The van der Waals surface area contributed by atoms with E-state index in [2.05, 4.69) is 25.2 Å². The van der Waals surface area contributed by atoms with E-state index in [4.69, 9.17) is 0 Å². The number of thiophene rings is 1. The summed E-state index contributed by atoms with van der Waals surface area (Å²) < 4.78 is 13.4. The van der Waals surface area contributed by atoms with Gasteiger partial charge in [-0.25, -0.2) is 4.39 Å². The number of carbonyl (C=O) groups is 1. The van der Waals surface area contributed by atoms with Crippen LogP contribution in [0.15, 0.2) is 36.4 Å². The Labute approximate surface area is 152 Å². The number of halogens is 1. The fourth-order valence-corrected chi connectivity index (χ4v) is 4.25. The highest BCUT2D eigenvalue weighted by Crippen LogP contribution is 2.30. The molecule has 1 aromatic carbocycles. The van der Waals surface area contributed by atoms with Crippen molar-refractivity contribution in [3.8, 4) is 10.4 Å². The summed E-state index contributed by atoms with van der Waals surface area (Å²) in [4.78, 5) is 17.1. The first-order valence-corrected chi connectivity index (χ1v) is 9.72. The average molecular weight is 360 g/mol. The van der Waals surface area contributed by atoms with Gasteiger partial charge >= 0.3 is 0 Å². The lowest BCUT2D eigenvalue weighted by atomic mass is 9.96. The van der Waals surface area contributed by atoms with Crippen LogP contribution in [0, 0.1) is 11.7 Å². The maximum atomic E-state index is 13.4. The number of nitrogens with zero attached hydrogens (tertiary/aromatic N) is 1. The number of amides is 1. The summed E-state index contributed by atoms with van der Waals surface area (Å²) >= 11 is 1.63. The molecule has 1 saturated heterocycles. The SMILES string of the molecule is CC(C)N(Cc1ccc(-c2cccc(F)c2)s1)C(=O)C1CCNCC1. The molecule has 2 heterocycles. The third-order valence-corrected chi connectivity index (χ3v) is 5.81. The van der Waals surface area contributed by atoms with Gasteiger partial charge in [0, 0.05) is 21.7 Å². The van der Waals surface area contributed by atoms with Crippen LogP contribution >= 0.6 is 11.3 Å². The predicted molar refractivity (Wildman–Crippen MR) is 101 cm³/mol. The van der Waals surface area contributed by atoms with Gasteiger partial charge < -0.3 is 10.2 Å². The Morgan fingerprint density at radius 3 is 2.72 bits per heavy atom. The van der Waals surface area contributed by atoms with Crippen LogP contribution in [0.2, 0.25) is 0 Å². The molecule has 3 nitrogen and oxygen atoms in total. The Hall–Kier alpha value is -1.72. The number of hydrogen-bond donors (Lipinski definition) is 1. The number of hydrogen-bond acceptors (Lipinski definition) is 3. The van der Waals surface area contributed by atoms with Gasteiger partial charge in [0.05, 0.1) is 6.54 Å². The maximum absolute atomic E-state index is 13.4. The van der Waals surface area contributed by atoms with Gasteiger partial charge in [-0.2, -0.15) is 0 Å². The van der Waals surface area contributed by atoms with Crippen molar-refractivity contribution in [2.24, 2.45) is 5.92 Å². The normalized spacial score (nSPS) is 15.5. The van der Waals surface area contributed by atoms with E-state index in [0.717, 1.165) is 41.2 Å². The lowest BCUT2D eigenvalue weighted by Crippen LogP contribution is -2.43. The van der Waals surface area contributed by atoms with Crippen LogP contribution in [0.1, 0.15) is 31.6 Å². The van der Waals surface area contributed by atoms with Crippen molar-refractivity contribution in [3.63, 3.8) is 0 Å². The quantitative estimate of drug-likeness (QED) is 0.863. The predicted octanol–water partition coefficient (Wildman–Crippen LogP) is 4.29. The molecule has 1 aliphatic rings. The zero-order valence-corrected chi connectivity index (χ0v) is 15.6. The van der Waals surface area contributed by atoms with Crippen molar-refractivity contribution in [2.75, 3.05) is 13.1 Å². The van der Waals surface area contributed by atoms with Gasteiger partial charge in [-0.15, -0.1) is 11.3 Å². The van der Waals surface area contributed by atoms with E-state index >= 15 is 0 Å². The van der Waals surface area contributed by atoms with Crippen LogP contribution in [0.5, 0.6) is 0 Å². The van der Waals surface area contributed by atoms with Gasteiger partial charge in [0.1, 0.15) is 5.82 Å². The molecule has 3 rings (SSSR count). The first kappa shape index (κ1) is 18.1. The standard InChI is InChI=1S/C20H25FN2OS/c1-14(2)23(20(24)15-8-10-22-11-9-15)13-18-6-7-19(25-18)16-4-3-5-17(21)12-16/h3-7,12,14-15,22H,8-11,13H2,1-2H3. The molecule has 0 atom stereocenters. The summed E-state index contributed by atoms with van der Waals surface area (Å²) in [6, 6.07) is 10.9.